The van der Waals surface area contributed by atoms with Crippen molar-refractivity contribution in [1.82, 2.24) is 34.9 Å². The first kappa shape index (κ1) is 66.5. The molecule has 0 bridgehead atoms. The van der Waals surface area contributed by atoms with E-state index < -0.39 is 0 Å². The van der Waals surface area contributed by atoms with Crippen molar-refractivity contribution in [3.05, 3.63) is 394 Å². The zero-order valence-corrected chi connectivity index (χ0v) is 60.0. The van der Waals surface area contributed by atoms with Gasteiger partial charge in [-0.15, -0.1) is 95.6 Å². The molecule has 0 unspecified atom stereocenters. The molecule has 0 atom stereocenters. The van der Waals surface area contributed by atoms with E-state index in [4.69, 9.17) is 29.9 Å². The van der Waals surface area contributed by atoms with Gasteiger partial charge >= 0.3 is 0 Å². The third-order valence-electron chi connectivity index (χ3n) is 19.1. The van der Waals surface area contributed by atoms with E-state index in [-0.39, 0.29) is 20.1 Å². The summed E-state index contributed by atoms with van der Waals surface area (Å²) in [5.74, 6) is 1.28. The molecule has 0 N–H and O–H groups in total. The fourth-order valence-corrected chi connectivity index (χ4v) is 14.3. The molecule has 0 spiro atoms. The molecule has 0 aliphatic rings. The van der Waals surface area contributed by atoms with Gasteiger partial charge in [0.05, 0.1) is 56.5 Å². The van der Waals surface area contributed by atoms with E-state index in [9.17, 15) is 0 Å². The smallest absolute Gasteiger partial charge is 0.0788 e. The van der Waals surface area contributed by atoms with Gasteiger partial charge in [0.2, 0.25) is 0 Å². The molecule has 5 aromatic heterocycles. The molecule has 0 saturated carbocycles. The van der Waals surface area contributed by atoms with Gasteiger partial charge in [-0.1, -0.05) is 231 Å². The van der Waals surface area contributed by atoms with Crippen LogP contribution in [-0.4, -0.2) is 34.9 Å². The minimum atomic E-state index is 0. The fourth-order valence-electron chi connectivity index (χ4n) is 14.3. The molecule has 15 aromatic carbocycles. The molecule has 507 valence electrons. The van der Waals surface area contributed by atoms with Crippen LogP contribution in [0.4, 0.5) is 34.1 Å². The largest absolute Gasteiger partial charge is 0.328 e. The summed E-state index contributed by atoms with van der Waals surface area (Å²) < 4.78 is 0. The van der Waals surface area contributed by atoms with Crippen LogP contribution < -0.4 is 9.80 Å². The summed E-state index contributed by atoms with van der Waals surface area (Å²) in [5.41, 5.74) is 21.7. The van der Waals surface area contributed by atoms with Crippen molar-refractivity contribution in [2.24, 2.45) is 0 Å². The minimum absolute atomic E-state index is 0. The quantitative estimate of drug-likeness (QED) is 0.0826. The standard InChI is InChI=1S/2C43H27N4.C11H8N.Ir/c2*1-5-14-29(15-6-1)41-35-24-26-37-40-38(27-25-36(39(35)40)42(46-41)30-16-7-2-8-17-30)45-43(44-37)31-18-13-23-34(28-31)47(32-19-9-3-10-20-32)33-21-11-4-12-22-33;1-2-6-10(7-3-1)11-8-4-5-9-12-11;/h2*1-17,19-28H;1-6,8-9H;/q3*-1;. The normalized spacial score (nSPS) is 11.1. The van der Waals surface area contributed by atoms with Crippen LogP contribution in [-0.2, 0) is 20.1 Å². The van der Waals surface area contributed by atoms with E-state index >= 15 is 0 Å². The van der Waals surface area contributed by atoms with Gasteiger partial charge in [-0.25, -0.2) is 9.97 Å². The van der Waals surface area contributed by atoms with E-state index in [1.807, 2.05) is 103 Å². The molecule has 0 aliphatic heterocycles. The molecular formula is C97H62IrN9-3. The second-order valence-electron chi connectivity index (χ2n) is 25.6. The van der Waals surface area contributed by atoms with Crippen molar-refractivity contribution < 1.29 is 20.1 Å². The van der Waals surface area contributed by atoms with E-state index in [1.165, 1.54) is 0 Å². The van der Waals surface area contributed by atoms with Crippen molar-refractivity contribution >= 4 is 99.3 Å². The molecule has 0 fully saturated rings. The number of nitrogens with zero attached hydrogens (tertiary/aromatic N) is 9. The van der Waals surface area contributed by atoms with E-state index in [0.717, 1.165) is 167 Å². The van der Waals surface area contributed by atoms with Crippen LogP contribution in [0.1, 0.15) is 0 Å². The predicted molar refractivity (Wildman–Crippen MR) is 435 cm³/mol. The summed E-state index contributed by atoms with van der Waals surface area (Å²) in [6.45, 7) is 0. The van der Waals surface area contributed by atoms with Gasteiger partial charge in [-0.3, -0.25) is 19.9 Å². The molecule has 20 aromatic rings. The number of rotatable bonds is 13. The predicted octanol–water partition coefficient (Wildman–Crippen LogP) is 24.6. The Morgan fingerprint density at radius 2 is 0.523 bits per heavy atom. The van der Waals surface area contributed by atoms with Gasteiger partial charge in [0, 0.05) is 114 Å². The third kappa shape index (κ3) is 13.2. The Morgan fingerprint density at radius 1 is 0.224 bits per heavy atom. The maximum atomic E-state index is 5.29. The number of pyridine rings is 3. The van der Waals surface area contributed by atoms with Crippen molar-refractivity contribution in [1.29, 1.82) is 0 Å². The van der Waals surface area contributed by atoms with Gasteiger partial charge in [0.25, 0.3) is 0 Å². The number of anilines is 6. The van der Waals surface area contributed by atoms with E-state index in [1.54, 1.807) is 6.20 Å². The Labute approximate surface area is 633 Å². The number of hydrogen-bond donors (Lipinski definition) is 0. The Balaban J connectivity index is 0.000000135. The molecule has 20 rings (SSSR count). The van der Waals surface area contributed by atoms with Crippen LogP contribution in [0, 0.1) is 18.2 Å². The van der Waals surface area contributed by atoms with Crippen LogP contribution >= 0.6 is 0 Å². The van der Waals surface area contributed by atoms with Gasteiger partial charge in [0.1, 0.15) is 0 Å². The summed E-state index contributed by atoms with van der Waals surface area (Å²) >= 11 is 0. The minimum Gasteiger partial charge on any atom is -0.328 e. The van der Waals surface area contributed by atoms with Crippen molar-refractivity contribution in [2.45, 2.75) is 0 Å². The Morgan fingerprint density at radius 3 is 0.822 bits per heavy atom. The summed E-state index contributed by atoms with van der Waals surface area (Å²) in [4.78, 5) is 39.9. The Kier molecular flexibility index (Phi) is 18.6. The first-order chi connectivity index (χ1) is 52.6. The van der Waals surface area contributed by atoms with Gasteiger partial charge in [-0.05, 0) is 95.9 Å². The van der Waals surface area contributed by atoms with Crippen LogP contribution in [0.25, 0.3) is 144 Å². The molecule has 10 heteroatoms. The van der Waals surface area contributed by atoms with Crippen LogP contribution in [0.3, 0.4) is 0 Å². The summed E-state index contributed by atoms with van der Waals surface area (Å²) in [7, 11) is 0. The van der Waals surface area contributed by atoms with Gasteiger partial charge in [0.15, 0.2) is 0 Å². The average Bonchev–Trinajstić information content (AvgIpc) is 0.724. The molecule has 107 heavy (non-hydrogen) atoms. The van der Waals surface area contributed by atoms with Crippen molar-refractivity contribution in [2.75, 3.05) is 9.80 Å². The monoisotopic (exact) mass is 1550 g/mol. The first-order valence-electron chi connectivity index (χ1n) is 35.3. The Hall–Kier alpha value is -13.8. The van der Waals surface area contributed by atoms with Crippen molar-refractivity contribution in [3.8, 4) is 79.1 Å². The third-order valence-corrected chi connectivity index (χ3v) is 19.1. The number of para-hydroxylation sites is 4. The zero-order chi connectivity index (χ0) is 70.5. The molecular weight excluding hydrogens is 1480 g/mol. The summed E-state index contributed by atoms with van der Waals surface area (Å²) in [6.07, 6.45) is 1.79. The van der Waals surface area contributed by atoms with E-state index in [0.29, 0.717) is 11.6 Å². The molecule has 1 radical (unpaired) electrons. The molecule has 5 heterocycles. The number of benzene rings is 15. The molecule has 9 nitrogen and oxygen atoms in total. The SMILES string of the molecule is [Ir].[c-]1ccc(N(c2ccccc2)c2ccccc2)cc1-c1nc2ccc3c(-c4ccccc4)nc(-c4ccccc4)c4ccc(n1)c2c34.[c-]1ccc(N(c2ccccc2)c2ccccc2)cc1-c1nc2ccc3c(-c4ccccc4)nc(-c4ccccc4)c4ccc(n1)c2c34.[c-]1ccccc1-c1ccccn1. The van der Waals surface area contributed by atoms with Crippen LogP contribution in [0.5, 0.6) is 0 Å². The zero-order valence-electron chi connectivity index (χ0n) is 57.7. The van der Waals surface area contributed by atoms with Crippen LogP contribution in [0.15, 0.2) is 376 Å². The van der Waals surface area contributed by atoms with Gasteiger partial charge in [-0.2, -0.15) is 0 Å². The molecule has 0 saturated heterocycles. The second-order valence-corrected chi connectivity index (χ2v) is 25.6. The van der Waals surface area contributed by atoms with Gasteiger partial charge < -0.3 is 14.8 Å². The first-order valence-corrected chi connectivity index (χ1v) is 35.3. The fraction of sp³-hybridized carbons (Fsp3) is 0. The Bertz CT molecular complexity index is 5730. The summed E-state index contributed by atoms with van der Waals surface area (Å²) in [5, 5.41) is 8.74. The summed E-state index contributed by atoms with van der Waals surface area (Å²) in [6, 6.07) is 136. The second kappa shape index (κ2) is 29.9. The maximum Gasteiger partial charge on any atom is 0.0788 e. The molecule has 0 amide bonds. The van der Waals surface area contributed by atoms with E-state index in [2.05, 4.69) is 300 Å². The number of aromatic nitrogens is 7. The average molecular weight is 1550 g/mol. The number of hydrogen-bond acceptors (Lipinski definition) is 9. The molecule has 0 aliphatic carbocycles. The van der Waals surface area contributed by atoms with Crippen molar-refractivity contribution in [3.63, 3.8) is 0 Å². The maximum absolute atomic E-state index is 5.29. The van der Waals surface area contributed by atoms with Crippen LogP contribution in [0.2, 0.25) is 0 Å². The topological polar surface area (TPSA) is 96.7 Å².